The van der Waals surface area contributed by atoms with Crippen LogP contribution in [0, 0.1) is 11.3 Å². The van der Waals surface area contributed by atoms with Crippen molar-refractivity contribution in [3.63, 3.8) is 0 Å². The predicted octanol–water partition coefficient (Wildman–Crippen LogP) is 2.09. The summed E-state index contributed by atoms with van der Waals surface area (Å²) >= 11 is 0. The van der Waals surface area contributed by atoms with Crippen molar-refractivity contribution in [2.75, 3.05) is 0 Å². The number of rotatable bonds is 2. The van der Waals surface area contributed by atoms with Gasteiger partial charge in [-0.05, 0) is 31.6 Å². The molecule has 1 saturated carbocycles. The summed E-state index contributed by atoms with van der Waals surface area (Å²) in [6.07, 6.45) is 4.27. The van der Waals surface area contributed by atoms with Crippen LogP contribution in [0.1, 0.15) is 46.5 Å². The van der Waals surface area contributed by atoms with Crippen LogP contribution in [0.25, 0.3) is 0 Å². The summed E-state index contributed by atoms with van der Waals surface area (Å²) in [4.78, 5) is 11.8. The Kier molecular flexibility index (Phi) is 1.73. The third-order valence-electron chi connectivity index (χ3n) is 4.45. The Morgan fingerprint density at radius 1 is 1.46 bits per heavy atom. The number of hydrogen-bond donors (Lipinski definition) is 1. The van der Waals surface area contributed by atoms with E-state index < -0.39 is 0 Å². The van der Waals surface area contributed by atoms with Gasteiger partial charge in [0, 0.05) is 5.54 Å². The minimum absolute atomic E-state index is 0.00454. The van der Waals surface area contributed by atoms with Gasteiger partial charge in [0.1, 0.15) is 0 Å². The quantitative estimate of drug-likeness (QED) is 0.694. The monoisotopic (exact) mass is 181 g/mol. The van der Waals surface area contributed by atoms with Gasteiger partial charge in [0.15, 0.2) is 0 Å². The largest absolute Gasteiger partial charge is 0.350 e. The van der Waals surface area contributed by atoms with Gasteiger partial charge in [-0.25, -0.2) is 0 Å². The van der Waals surface area contributed by atoms with Crippen molar-refractivity contribution in [2.45, 2.75) is 52.0 Å². The fraction of sp³-hybridized carbons (Fsp3) is 0.909. The van der Waals surface area contributed by atoms with Crippen LogP contribution in [0.3, 0.4) is 0 Å². The highest BCUT2D eigenvalue weighted by Crippen LogP contribution is 2.56. The maximum absolute atomic E-state index is 11.8. The van der Waals surface area contributed by atoms with Crippen LogP contribution in [0.5, 0.6) is 0 Å². The smallest absolute Gasteiger partial charge is 0.226 e. The van der Waals surface area contributed by atoms with Gasteiger partial charge in [-0.15, -0.1) is 0 Å². The molecule has 2 bridgehead atoms. The second-order valence-corrected chi connectivity index (χ2v) is 4.88. The maximum atomic E-state index is 11.8. The van der Waals surface area contributed by atoms with Crippen molar-refractivity contribution in [2.24, 2.45) is 11.3 Å². The lowest BCUT2D eigenvalue weighted by molar-refractivity contribution is -0.130. The van der Waals surface area contributed by atoms with Gasteiger partial charge in [0.25, 0.3) is 0 Å². The molecule has 2 fully saturated rings. The average Bonchev–Trinajstić information content (AvgIpc) is 2.56. The van der Waals surface area contributed by atoms with Gasteiger partial charge >= 0.3 is 0 Å². The molecule has 1 aliphatic heterocycles. The van der Waals surface area contributed by atoms with Crippen molar-refractivity contribution in [1.82, 2.24) is 5.32 Å². The van der Waals surface area contributed by atoms with Gasteiger partial charge in [-0.2, -0.15) is 0 Å². The molecule has 0 aromatic carbocycles. The normalized spacial score (nSPS) is 48.2. The highest BCUT2D eigenvalue weighted by molar-refractivity contribution is 5.87. The first-order valence-electron chi connectivity index (χ1n) is 5.41. The summed E-state index contributed by atoms with van der Waals surface area (Å²) in [5.41, 5.74) is 0.141. The van der Waals surface area contributed by atoms with Gasteiger partial charge in [-0.1, -0.05) is 20.8 Å². The van der Waals surface area contributed by atoms with E-state index in [4.69, 9.17) is 0 Å². The van der Waals surface area contributed by atoms with Gasteiger partial charge in [0.2, 0.25) is 5.91 Å². The van der Waals surface area contributed by atoms with E-state index in [-0.39, 0.29) is 11.0 Å². The Bertz CT molecular complexity index is 250. The lowest BCUT2D eigenvalue weighted by atomic mass is 9.82. The summed E-state index contributed by atoms with van der Waals surface area (Å²) in [6, 6.07) is 0. The van der Waals surface area contributed by atoms with Crippen LogP contribution < -0.4 is 5.32 Å². The Morgan fingerprint density at radius 2 is 2.15 bits per heavy atom. The van der Waals surface area contributed by atoms with E-state index in [9.17, 15) is 4.79 Å². The number of amides is 1. The fourth-order valence-electron chi connectivity index (χ4n) is 3.32. The van der Waals surface area contributed by atoms with Crippen LogP contribution in [0.15, 0.2) is 0 Å². The third-order valence-corrected chi connectivity index (χ3v) is 4.45. The first-order chi connectivity index (χ1) is 6.08. The molecule has 74 valence electrons. The molecule has 1 aliphatic carbocycles. The molecule has 13 heavy (non-hydrogen) atoms. The summed E-state index contributed by atoms with van der Waals surface area (Å²) in [6.45, 7) is 6.61. The highest BCUT2D eigenvalue weighted by Gasteiger charge is 2.61. The molecule has 1 heterocycles. The van der Waals surface area contributed by atoms with Gasteiger partial charge in [-0.3, -0.25) is 4.79 Å². The number of carbonyl (C=O) groups is 1. The minimum Gasteiger partial charge on any atom is -0.350 e. The van der Waals surface area contributed by atoms with Crippen molar-refractivity contribution in [1.29, 1.82) is 0 Å². The van der Waals surface area contributed by atoms with Crippen LogP contribution in [-0.2, 0) is 4.79 Å². The molecule has 0 spiro atoms. The van der Waals surface area contributed by atoms with E-state index in [1.165, 1.54) is 0 Å². The third kappa shape index (κ3) is 0.918. The molecule has 1 N–H and O–H groups in total. The fourth-order valence-corrected chi connectivity index (χ4v) is 3.32. The molecule has 2 aliphatic rings. The summed E-state index contributed by atoms with van der Waals surface area (Å²) < 4.78 is 0. The van der Waals surface area contributed by atoms with Crippen molar-refractivity contribution in [3.8, 4) is 0 Å². The topological polar surface area (TPSA) is 29.1 Å². The Hall–Kier alpha value is -0.530. The zero-order chi connectivity index (χ0) is 9.69. The Morgan fingerprint density at radius 3 is 2.54 bits per heavy atom. The molecule has 1 saturated heterocycles. The Labute approximate surface area is 80.1 Å². The van der Waals surface area contributed by atoms with Gasteiger partial charge < -0.3 is 5.32 Å². The van der Waals surface area contributed by atoms with Crippen molar-refractivity contribution >= 4 is 5.91 Å². The number of carbonyl (C=O) groups excluding carboxylic acids is 1. The standard InChI is InChI=1S/C11H19NO/c1-4-10-6-8(3)11(5-2,7-10)12-9(10)13/h8H,4-7H2,1-3H3,(H,12,13). The minimum atomic E-state index is -0.00454. The molecule has 0 aromatic rings. The molecule has 3 unspecified atom stereocenters. The van der Waals surface area contributed by atoms with E-state index in [0.29, 0.717) is 11.8 Å². The van der Waals surface area contributed by atoms with Crippen molar-refractivity contribution < 1.29 is 4.79 Å². The molecular formula is C11H19NO. The zero-order valence-corrected chi connectivity index (χ0v) is 8.81. The number of hydrogen-bond acceptors (Lipinski definition) is 1. The second kappa shape index (κ2) is 2.49. The summed E-state index contributed by atoms with van der Waals surface area (Å²) in [5.74, 6) is 0.977. The summed E-state index contributed by atoms with van der Waals surface area (Å²) in [5, 5.41) is 3.22. The molecule has 3 atom stereocenters. The molecule has 0 radical (unpaired) electrons. The van der Waals surface area contributed by atoms with Crippen LogP contribution >= 0.6 is 0 Å². The second-order valence-electron chi connectivity index (χ2n) is 4.88. The van der Waals surface area contributed by atoms with E-state index >= 15 is 0 Å². The van der Waals surface area contributed by atoms with Gasteiger partial charge in [0.05, 0.1) is 5.41 Å². The predicted molar refractivity (Wildman–Crippen MR) is 52.3 cm³/mol. The highest BCUT2D eigenvalue weighted by atomic mass is 16.2. The molecule has 2 rings (SSSR count). The van der Waals surface area contributed by atoms with Crippen LogP contribution in [-0.4, -0.2) is 11.4 Å². The summed E-state index contributed by atoms with van der Waals surface area (Å²) in [7, 11) is 0. The van der Waals surface area contributed by atoms with E-state index in [2.05, 4.69) is 26.1 Å². The lowest BCUT2D eigenvalue weighted by Gasteiger charge is -2.33. The number of piperidine rings is 1. The molecule has 2 heteroatoms. The van der Waals surface area contributed by atoms with Crippen LogP contribution in [0.2, 0.25) is 0 Å². The lowest BCUT2D eigenvalue weighted by Crippen LogP contribution is -2.49. The number of fused-ring (bicyclic) bond motifs is 2. The molecular weight excluding hydrogens is 162 g/mol. The number of nitrogens with one attached hydrogen (secondary N) is 1. The molecule has 0 aromatic heterocycles. The van der Waals surface area contributed by atoms with E-state index in [1.807, 2.05) is 0 Å². The molecule has 2 nitrogen and oxygen atoms in total. The maximum Gasteiger partial charge on any atom is 0.226 e. The van der Waals surface area contributed by atoms with Crippen LogP contribution in [0.4, 0.5) is 0 Å². The van der Waals surface area contributed by atoms with Crippen molar-refractivity contribution in [3.05, 3.63) is 0 Å². The average molecular weight is 181 g/mol. The first-order valence-corrected chi connectivity index (χ1v) is 5.41. The zero-order valence-electron chi connectivity index (χ0n) is 8.81. The van der Waals surface area contributed by atoms with E-state index in [0.717, 1.165) is 25.7 Å². The SMILES string of the molecule is CCC12CC(C)C(CC)(C1)NC2=O. The Balaban J connectivity index is 2.34. The first kappa shape index (κ1) is 9.04. The van der Waals surface area contributed by atoms with E-state index in [1.54, 1.807) is 0 Å². The molecule has 1 amide bonds.